The van der Waals surface area contributed by atoms with E-state index in [9.17, 15) is 13.8 Å². The molecule has 0 bridgehead atoms. The summed E-state index contributed by atoms with van der Waals surface area (Å²) in [5.41, 5.74) is 1.42. The molecule has 0 heterocycles. The van der Waals surface area contributed by atoms with Crippen LogP contribution in [-0.2, 0) is 25.3 Å². The number of aliphatic hydroxyl groups is 2. The molecule has 0 aliphatic carbocycles. The number of aliphatic hydroxyl groups excluding tert-OH is 2. The molecule has 0 aliphatic rings. The first-order chi connectivity index (χ1) is 19.1. The second-order valence-electron chi connectivity index (χ2n) is 5.91. The van der Waals surface area contributed by atoms with Gasteiger partial charge in [-0.3, -0.25) is 14.0 Å². The summed E-state index contributed by atoms with van der Waals surface area (Å²) in [6, 6.07) is 0. The van der Waals surface area contributed by atoms with E-state index in [-0.39, 0.29) is 23.1 Å². The van der Waals surface area contributed by atoms with Crippen molar-refractivity contribution in [2.45, 2.75) is 0 Å². The molecule has 0 aromatic carbocycles. The molecule has 0 aromatic rings. The van der Waals surface area contributed by atoms with E-state index in [4.69, 9.17) is 24.7 Å². The minimum atomic E-state index is -1.15. The predicted octanol–water partition coefficient (Wildman–Crippen LogP) is 3.60. The molecule has 2 amide bonds. The normalized spacial score (nSPS) is 12.2. The van der Waals surface area contributed by atoms with Gasteiger partial charge in [0.25, 0.3) is 5.24 Å². The fourth-order valence-corrected chi connectivity index (χ4v) is 8.04. The minimum absolute atomic E-state index is 0.0420. The van der Waals surface area contributed by atoms with Gasteiger partial charge < -0.3 is 30.5 Å². The van der Waals surface area contributed by atoms with E-state index in [0.717, 1.165) is 10.8 Å². The molecule has 0 saturated carbocycles. The van der Waals surface area contributed by atoms with Crippen LogP contribution in [0.3, 0.4) is 0 Å². The van der Waals surface area contributed by atoms with Crippen LogP contribution in [0, 0.1) is 0 Å². The molecule has 0 radical (unpaired) electrons. The standard InChI is InChI=1S/C18H34N4O8S9/c23-11-34-15-36-13-28-17(25)21-8-33-7-20-10-39(27)4-3-31-1-2-38-18(26)22-9-32-6-19-5-29-30-14-37-16-35-12-24/h5,10,23-24H,1-4,6-9,11-16H2,(H,21,25)(H,22,26). The molecule has 39 heavy (non-hydrogen) atoms. The molecule has 4 N–H and O–H groups in total. The summed E-state index contributed by atoms with van der Waals surface area (Å²) in [7, 11) is -1.15. The summed E-state index contributed by atoms with van der Waals surface area (Å²) in [4.78, 5) is 40.9. The molecular weight excluding hydrogens is 689 g/mol. The van der Waals surface area contributed by atoms with E-state index >= 15 is 0 Å². The van der Waals surface area contributed by atoms with Crippen LogP contribution in [0.4, 0.5) is 9.59 Å². The highest BCUT2D eigenvalue weighted by molar-refractivity contribution is 8.16. The van der Waals surface area contributed by atoms with Crippen LogP contribution >= 0.6 is 94.1 Å². The van der Waals surface area contributed by atoms with Gasteiger partial charge >= 0.3 is 6.09 Å². The molecule has 12 nitrogen and oxygen atoms in total. The maximum atomic E-state index is 11.9. The highest BCUT2D eigenvalue weighted by Crippen LogP contribution is 2.12. The number of aliphatic imine (C=N–C) groups is 2. The zero-order chi connectivity index (χ0) is 28.7. The van der Waals surface area contributed by atoms with Gasteiger partial charge in [0.15, 0.2) is 0 Å². The summed E-state index contributed by atoms with van der Waals surface area (Å²) in [5, 5.41) is 23.9. The fourth-order valence-electron chi connectivity index (χ4n) is 1.63. The van der Waals surface area contributed by atoms with Crippen molar-refractivity contribution in [2.24, 2.45) is 9.98 Å². The van der Waals surface area contributed by atoms with Gasteiger partial charge in [0, 0.05) is 33.2 Å². The monoisotopic (exact) mass is 722 g/mol. The van der Waals surface area contributed by atoms with Crippen molar-refractivity contribution in [1.82, 2.24) is 10.6 Å². The summed E-state index contributed by atoms with van der Waals surface area (Å²) >= 11 is 11.2. The molecule has 228 valence electrons. The highest BCUT2D eigenvalue weighted by atomic mass is 32.2. The van der Waals surface area contributed by atoms with Gasteiger partial charge in [0.05, 0.1) is 51.7 Å². The SMILES string of the molecule is O=C(NCSCN=CS(=O)CCSCCSC(=O)NCSCN=COOCSCSCO)OCSCSCO. The molecule has 0 rings (SSSR count). The number of alkyl carbamates (subject to hydrolysis) is 1. The second kappa shape index (κ2) is 33.2. The van der Waals surface area contributed by atoms with Gasteiger partial charge in [-0.15, -0.1) is 70.6 Å². The third kappa shape index (κ3) is 33.1. The maximum absolute atomic E-state index is 11.9. The first kappa shape index (κ1) is 39.7. The van der Waals surface area contributed by atoms with Crippen molar-refractivity contribution < 1.29 is 38.5 Å². The van der Waals surface area contributed by atoms with E-state index in [1.807, 2.05) is 0 Å². The third-order valence-electron chi connectivity index (χ3n) is 3.16. The molecule has 1 atom stereocenters. The average Bonchev–Trinajstić information content (AvgIpc) is 2.93. The number of carbonyl (C=O) groups excluding carboxylic acids is 2. The lowest BCUT2D eigenvalue weighted by Gasteiger charge is -2.05. The Morgan fingerprint density at radius 2 is 1.51 bits per heavy atom. The maximum Gasteiger partial charge on any atom is 0.408 e. The van der Waals surface area contributed by atoms with Crippen molar-refractivity contribution in [2.75, 3.05) is 80.4 Å². The summed E-state index contributed by atoms with van der Waals surface area (Å²) in [6.07, 6.45) is 0.698. The molecule has 0 spiro atoms. The summed E-state index contributed by atoms with van der Waals surface area (Å²) in [6.45, 7) is 0. The Morgan fingerprint density at radius 3 is 2.26 bits per heavy atom. The van der Waals surface area contributed by atoms with Crippen LogP contribution in [0.2, 0.25) is 0 Å². The number of amides is 2. The third-order valence-corrected chi connectivity index (χ3v) is 11.4. The minimum Gasteiger partial charge on any atom is -0.438 e. The molecule has 21 heteroatoms. The Bertz CT molecular complexity index is 686. The molecule has 0 saturated heterocycles. The summed E-state index contributed by atoms with van der Waals surface area (Å²) in [5.74, 6) is 4.89. The van der Waals surface area contributed by atoms with E-state index < -0.39 is 16.9 Å². The van der Waals surface area contributed by atoms with Crippen LogP contribution in [0.1, 0.15) is 0 Å². The molecule has 0 aromatic heterocycles. The van der Waals surface area contributed by atoms with E-state index in [1.54, 1.807) is 11.8 Å². The highest BCUT2D eigenvalue weighted by Gasteiger charge is 2.03. The number of ether oxygens (including phenoxy) is 1. The average molecular weight is 723 g/mol. The van der Waals surface area contributed by atoms with Gasteiger partial charge in [-0.25, -0.2) is 9.79 Å². The van der Waals surface area contributed by atoms with Crippen LogP contribution in [0.5, 0.6) is 0 Å². The van der Waals surface area contributed by atoms with Gasteiger partial charge in [-0.05, 0) is 0 Å². The Labute approximate surface area is 265 Å². The Hall–Kier alpha value is 0.710. The van der Waals surface area contributed by atoms with Crippen LogP contribution in [-0.4, -0.2) is 118 Å². The van der Waals surface area contributed by atoms with Gasteiger partial charge in [-0.1, -0.05) is 11.8 Å². The van der Waals surface area contributed by atoms with E-state index in [0.29, 0.717) is 51.8 Å². The Morgan fingerprint density at radius 1 is 0.821 bits per heavy atom. The lowest BCUT2D eigenvalue weighted by Crippen LogP contribution is -2.23. The smallest absolute Gasteiger partial charge is 0.408 e. The van der Waals surface area contributed by atoms with Gasteiger partial charge in [0.1, 0.15) is 11.9 Å². The number of hydrogen-bond donors (Lipinski definition) is 4. The zero-order valence-corrected chi connectivity index (χ0v) is 28.3. The topological polar surface area (TPSA) is 168 Å². The number of nitrogens with zero attached hydrogens (tertiary/aromatic N) is 2. The lowest BCUT2D eigenvalue weighted by atomic mass is 10.9. The number of thioether (sulfide) groups is 8. The van der Waals surface area contributed by atoms with Crippen molar-refractivity contribution in [3.63, 3.8) is 0 Å². The van der Waals surface area contributed by atoms with E-state index in [1.165, 1.54) is 94.3 Å². The Balaban J connectivity index is 3.46. The first-order valence-electron chi connectivity index (χ1n) is 10.8. The van der Waals surface area contributed by atoms with Crippen LogP contribution in [0.25, 0.3) is 0 Å². The van der Waals surface area contributed by atoms with Crippen molar-refractivity contribution in [3.05, 3.63) is 0 Å². The van der Waals surface area contributed by atoms with Crippen molar-refractivity contribution >= 4 is 128 Å². The molecule has 0 aliphatic heterocycles. The first-order valence-corrected chi connectivity index (χ1v) is 21.3. The lowest BCUT2D eigenvalue weighted by molar-refractivity contribution is -0.196. The van der Waals surface area contributed by atoms with Gasteiger partial charge in [0.2, 0.25) is 6.40 Å². The number of rotatable bonds is 27. The Kier molecular flexibility index (Phi) is 33.8. The number of hydrogen-bond acceptors (Lipinski definition) is 18. The fraction of sp³-hybridized carbons (Fsp3) is 0.778. The predicted molar refractivity (Wildman–Crippen MR) is 179 cm³/mol. The molecular formula is C18H34N4O8S9. The second-order valence-corrected chi connectivity index (χ2v) is 16.0. The molecule has 1 unspecified atom stereocenters. The van der Waals surface area contributed by atoms with Crippen molar-refractivity contribution in [1.29, 1.82) is 0 Å². The zero-order valence-electron chi connectivity index (χ0n) is 21.0. The largest absolute Gasteiger partial charge is 0.438 e. The summed E-state index contributed by atoms with van der Waals surface area (Å²) < 4.78 is 16.9. The van der Waals surface area contributed by atoms with Crippen LogP contribution < -0.4 is 10.6 Å². The number of nitrogens with one attached hydrogen (secondary N) is 2. The van der Waals surface area contributed by atoms with Gasteiger partial charge in [-0.2, -0.15) is 16.6 Å². The van der Waals surface area contributed by atoms with E-state index in [2.05, 4.69) is 20.6 Å². The number of carbonyl (C=O) groups is 2. The molecule has 0 fully saturated rings. The quantitative estimate of drug-likeness (QED) is 0.0242. The van der Waals surface area contributed by atoms with Crippen molar-refractivity contribution in [3.8, 4) is 0 Å². The van der Waals surface area contributed by atoms with Crippen LogP contribution in [0.15, 0.2) is 9.98 Å².